The summed E-state index contributed by atoms with van der Waals surface area (Å²) in [7, 11) is 0. The second-order valence-corrected chi connectivity index (χ2v) is 2.40. The minimum absolute atomic E-state index is 0.231. The van der Waals surface area contributed by atoms with Crippen LogP contribution in [0.15, 0.2) is 17.5 Å². The van der Waals surface area contributed by atoms with Crippen LogP contribution in [0.5, 0.6) is 0 Å². The predicted octanol–water partition coefficient (Wildman–Crippen LogP) is 1.56. The lowest BCUT2D eigenvalue weighted by atomic mass is 10.3. The average molecular weight is 136 g/mol. The molecule has 0 N–H and O–H groups in total. The van der Waals surface area contributed by atoms with E-state index in [2.05, 4.69) is 0 Å². The molecule has 1 nitrogen and oxygen atoms in total. The second-order valence-electron chi connectivity index (χ2n) is 1.45. The quantitative estimate of drug-likeness (QED) is 0.325. The minimum atomic E-state index is -0.231. The number of carbonyl (C=O) groups is 1. The van der Waals surface area contributed by atoms with Gasteiger partial charge in [-0.2, -0.15) is 0 Å². The van der Waals surface area contributed by atoms with Gasteiger partial charge in [0.05, 0.1) is 4.88 Å². The number of terminal acetylenes is 1. The number of ketones is 1. The van der Waals surface area contributed by atoms with Gasteiger partial charge in [-0.3, -0.25) is 4.79 Å². The number of hydrogen-bond donors (Lipinski definition) is 0. The Morgan fingerprint density at radius 2 is 2.56 bits per heavy atom. The Hall–Kier alpha value is -1.07. The van der Waals surface area contributed by atoms with Crippen molar-refractivity contribution in [2.45, 2.75) is 0 Å². The van der Waals surface area contributed by atoms with Crippen molar-refractivity contribution in [2.24, 2.45) is 0 Å². The molecule has 0 bridgehead atoms. The van der Waals surface area contributed by atoms with E-state index in [4.69, 9.17) is 6.42 Å². The summed E-state index contributed by atoms with van der Waals surface area (Å²) in [5, 5.41) is 1.82. The first-order valence-electron chi connectivity index (χ1n) is 2.39. The van der Waals surface area contributed by atoms with Gasteiger partial charge in [0.25, 0.3) is 0 Å². The van der Waals surface area contributed by atoms with Gasteiger partial charge in [0.1, 0.15) is 0 Å². The average Bonchev–Trinajstić information content (AvgIpc) is 2.37. The molecule has 0 saturated heterocycles. The molecule has 0 aliphatic rings. The summed E-state index contributed by atoms with van der Waals surface area (Å²) in [5.41, 5.74) is 0. The van der Waals surface area contributed by atoms with Gasteiger partial charge in [-0.05, 0) is 17.4 Å². The SMILES string of the molecule is C#CC(=O)c1cccs1. The summed E-state index contributed by atoms with van der Waals surface area (Å²) < 4.78 is 0. The van der Waals surface area contributed by atoms with Crippen LogP contribution in [0.2, 0.25) is 0 Å². The zero-order valence-electron chi connectivity index (χ0n) is 4.63. The van der Waals surface area contributed by atoms with Crippen molar-refractivity contribution in [3.05, 3.63) is 22.4 Å². The van der Waals surface area contributed by atoms with Crippen LogP contribution in [-0.4, -0.2) is 5.78 Å². The summed E-state index contributed by atoms with van der Waals surface area (Å²) in [5.74, 6) is 1.81. The van der Waals surface area contributed by atoms with E-state index in [9.17, 15) is 4.79 Å². The van der Waals surface area contributed by atoms with Crippen molar-refractivity contribution in [1.82, 2.24) is 0 Å². The zero-order chi connectivity index (χ0) is 6.69. The summed E-state index contributed by atoms with van der Waals surface area (Å²) in [6.07, 6.45) is 4.87. The molecule has 0 radical (unpaired) electrons. The largest absolute Gasteiger partial charge is 0.278 e. The number of thiophene rings is 1. The van der Waals surface area contributed by atoms with E-state index >= 15 is 0 Å². The van der Waals surface area contributed by atoms with Crippen molar-refractivity contribution in [1.29, 1.82) is 0 Å². The zero-order valence-corrected chi connectivity index (χ0v) is 5.44. The molecule has 1 aromatic rings. The lowest BCUT2D eigenvalue weighted by molar-refractivity contribution is 0.106. The monoisotopic (exact) mass is 136 g/mol. The van der Waals surface area contributed by atoms with Crippen LogP contribution >= 0.6 is 11.3 Å². The van der Waals surface area contributed by atoms with Crippen LogP contribution < -0.4 is 0 Å². The number of rotatable bonds is 1. The van der Waals surface area contributed by atoms with Crippen LogP contribution in [0.1, 0.15) is 9.67 Å². The molecule has 0 aromatic carbocycles. The highest BCUT2D eigenvalue weighted by atomic mass is 32.1. The highest BCUT2D eigenvalue weighted by Crippen LogP contribution is 2.07. The third kappa shape index (κ3) is 1.18. The fourth-order valence-corrected chi connectivity index (χ4v) is 1.11. The van der Waals surface area contributed by atoms with Gasteiger partial charge in [-0.25, -0.2) is 0 Å². The standard InChI is InChI=1S/C7H4OS/c1-2-6(8)7-4-3-5-9-7/h1,3-5H. The molecule has 9 heavy (non-hydrogen) atoms. The lowest BCUT2D eigenvalue weighted by Gasteiger charge is -1.79. The third-order valence-corrected chi connectivity index (χ3v) is 1.74. The molecule has 0 amide bonds. The topological polar surface area (TPSA) is 17.1 Å². The van der Waals surface area contributed by atoms with Crippen molar-refractivity contribution >= 4 is 17.1 Å². The molecule has 2 heteroatoms. The van der Waals surface area contributed by atoms with Gasteiger partial charge in [0.15, 0.2) is 0 Å². The van der Waals surface area contributed by atoms with E-state index in [0.29, 0.717) is 4.88 Å². The fourth-order valence-electron chi connectivity index (χ4n) is 0.479. The highest BCUT2D eigenvalue weighted by Gasteiger charge is 1.99. The summed E-state index contributed by atoms with van der Waals surface area (Å²) in [6, 6.07) is 3.52. The van der Waals surface area contributed by atoms with E-state index in [1.54, 1.807) is 12.1 Å². The molecule has 0 aliphatic heterocycles. The van der Waals surface area contributed by atoms with E-state index in [0.717, 1.165) is 0 Å². The molecule has 44 valence electrons. The molecule has 0 saturated carbocycles. The van der Waals surface area contributed by atoms with E-state index in [-0.39, 0.29) is 5.78 Å². The van der Waals surface area contributed by atoms with Gasteiger partial charge in [-0.1, -0.05) is 6.07 Å². The van der Waals surface area contributed by atoms with Crippen LogP contribution in [0.3, 0.4) is 0 Å². The maximum absolute atomic E-state index is 10.6. The fraction of sp³-hybridized carbons (Fsp3) is 0. The van der Waals surface area contributed by atoms with Crippen molar-refractivity contribution in [3.8, 4) is 12.3 Å². The Morgan fingerprint density at radius 3 is 3.00 bits per heavy atom. The van der Waals surface area contributed by atoms with Crippen molar-refractivity contribution < 1.29 is 4.79 Å². The summed E-state index contributed by atoms with van der Waals surface area (Å²) in [4.78, 5) is 11.3. The van der Waals surface area contributed by atoms with E-state index in [1.807, 2.05) is 11.3 Å². The van der Waals surface area contributed by atoms with E-state index < -0.39 is 0 Å². The van der Waals surface area contributed by atoms with Crippen LogP contribution in [0.4, 0.5) is 0 Å². The van der Waals surface area contributed by atoms with Gasteiger partial charge < -0.3 is 0 Å². The third-order valence-electron chi connectivity index (χ3n) is 0.876. The molecule has 1 aromatic heterocycles. The van der Waals surface area contributed by atoms with Gasteiger partial charge >= 0.3 is 0 Å². The number of hydrogen-bond acceptors (Lipinski definition) is 2. The van der Waals surface area contributed by atoms with Gasteiger partial charge in [-0.15, -0.1) is 17.8 Å². The Morgan fingerprint density at radius 1 is 1.78 bits per heavy atom. The first kappa shape index (κ1) is 6.06. The van der Waals surface area contributed by atoms with Crippen LogP contribution in [0, 0.1) is 12.3 Å². The molecule has 0 atom stereocenters. The van der Waals surface area contributed by atoms with Crippen LogP contribution in [0.25, 0.3) is 0 Å². The maximum atomic E-state index is 10.6. The Labute approximate surface area is 57.3 Å². The van der Waals surface area contributed by atoms with Gasteiger partial charge in [0.2, 0.25) is 5.78 Å². The summed E-state index contributed by atoms with van der Waals surface area (Å²) in [6.45, 7) is 0. The molecular formula is C7H4OS. The number of Topliss-reactive ketones (excluding diaryl/α,β-unsaturated/α-hetero) is 1. The Kier molecular flexibility index (Phi) is 1.66. The minimum Gasteiger partial charge on any atom is -0.278 e. The molecule has 0 unspecified atom stereocenters. The molecule has 1 heterocycles. The molecular weight excluding hydrogens is 132 g/mol. The second kappa shape index (κ2) is 2.47. The predicted molar refractivity (Wildman–Crippen MR) is 37.5 cm³/mol. The van der Waals surface area contributed by atoms with Crippen LogP contribution in [-0.2, 0) is 0 Å². The maximum Gasteiger partial charge on any atom is 0.245 e. The Balaban J connectivity index is 2.93. The van der Waals surface area contributed by atoms with E-state index in [1.165, 1.54) is 11.3 Å². The Bertz CT molecular complexity index is 240. The highest BCUT2D eigenvalue weighted by molar-refractivity contribution is 7.12. The first-order valence-corrected chi connectivity index (χ1v) is 3.27. The van der Waals surface area contributed by atoms with Crippen molar-refractivity contribution in [2.75, 3.05) is 0 Å². The van der Waals surface area contributed by atoms with Crippen molar-refractivity contribution in [3.63, 3.8) is 0 Å². The number of carbonyl (C=O) groups excluding carboxylic acids is 1. The molecule has 0 spiro atoms. The van der Waals surface area contributed by atoms with Gasteiger partial charge in [0, 0.05) is 0 Å². The molecule has 0 fully saturated rings. The first-order chi connectivity index (χ1) is 4.34. The normalized spacial score (nSPS) is 8.33. The molecule has 1 rings (SSSR count). The lowest BCUT2D eigenvalue weighted by Crippen LogP contribution is -1.87. The smallest absolute Gasteiger partial charge is 0.245 e. The molecule has 0 aliphatic carbocycles. The summed E-state index contributed by atoms with van der Waals surface area (Å²) >= 11 is 1.36.